The fourth-order valence-electron chi connectivity index (χ4n) is 2.08. The van der Waals surface area contributed by atoms with Crippen LogP contribution in [0.4, 0.5) is 0 Å². The van der Waals surface area contributed by atoms with Crippen LogP contribution in [0.3, 0.4) is 0 Å². The Kier molecular flexibility index (Phi) is 6.61. The van der Waals surface area contributed by atoms with Gasteiger partial charge in [0.1, 0.15) is 0 Å². The molecule has 0 heterocycles. The monoisotopic (exact) mass is 299 g/mol. The topological polar surface area (TPSA) is 38.8 Å². The van der Waals surface area contributed by atoms with Gasteiger partial charge in [0, 0.05) is 13.1 Å². The van der Waals surface area contributed by atoms with Crippen molar-refractivity contribution >= 4 is 5.97 Å². The number of benzene rings is 2. The van der Waals surface area contributed by atoms with Crippen LogP contribution in [0.25, 0.3) is 0 Å². The van der Waals surface area contributed by atoms with Crippen LogP contribution in [-0.2, 0) is 27.5 Å². The van der Waals surface area contributed by atoms with Crippen molar-refractivity contribution in [1.82, 2.24) is 5.06 Å². The highest BCUT2D eigenvalue weighted by Crippen LogP contribution is 2.10. The predicted octanol–water partition coefficient (Wildman–Crippen LogP) is 3.18. The molecule has 0 radical (unpaired) electrons. The lowest BCUT2D eigenvalue weighted by Crippen LogP contribution is -2.24. The number of methoxy groups -OCH3 is 1. The van der Waals surface area contributed by atoms with E-state index in [2.05, 4.69) is 29.0 Å². The molecular weight excluding hydrogens is 278 g/mol. The van der Waals surface area contributed by atoms with Gasteiger partial charge in [-0.3, -0.25) is 9.63 Å². The number of carbonyl (C=O) groups excluding carboxylic acids is 1. The van der Waals surface area contributed by atoms with Crippen LogP contribution < -0.4 is 0 Å². The van der Waals surface area contributed by atoms with E-state index in [0.717, 1.165) is 11.1 Å². The lowest BCUT2D eigenvalue weighted by molar-refractivity contribution is -0.180. The minimum atomic E-state index is -0.264. The quantitative estimate of drug-likeness (QED) is 0.554. The van der Waals surface area contributed by atoms with Gasteiger partial charge in [0.05, 0.1) is 20.1 Å². The Balaban J connectivity index is 1.95. The maximum Gasteiger partial charge on any atom is 0.307 e. The summed E-state index contributed by atoms with van der Waals surface area (Å²) in [5.41, 5.74) is 2.33. The van der Waals surface area contributed by atoms with E-state index in [1.54, 1.807) is 0 Å². The maximum absolute atomic E-state index is 11.2. The largest absolute Gasteiger partial charge is 0.469 e. The van der Waals surface area contributed by atoms with Crippen molar-refractivity contribution in [3.05, 3.63) is 71.8 Å². The van der Waals surface area contributed by atoms with E-state index in [9.17, 15) is 4.79 Å². The molecule has 4 heteroatoms. The molecule has 0 bridgehead atoms. The molecule has 0 spiro atoms. The fraction of sp³-hybridized carbons (Fsp3) is 0.278. The summed E-state index contributed by atoms with van der Waals surface area (Å²) in [4.78, 5) is 16.9. The molecule has 4 nitrogen and oxygen atoms in total. The van der Waals surface area contributed by atoms with E-state index in [4.69, 9.17) is 4.84 Å². The van der Waals surface area contributed by atoms with Crippen LogP contribution in [0, 0.1) is 0 Å². The third-order valence-corrected chi connectivity index (χ3v) is 3.21. The number of carbonyl (C=O) groups is 1. The van der Waals surface area contributed by atoms with E-state index in [-0.39, 0.29) is 12.4 Å². The lowest BCUT2D eigenvalue weighted by Gasteiger charge is -2.22. The Labute approximate surface area is 131 Å². The van der Waals surface area contributed by atoms with E-state index >= 15 is 0 Å². The second-order valence-corrected chi connectivity index (χ2v) is 4.93. The summed E-state index contributed by atoms with van der Waals surface area (Å²) < 4.78 is 4.63. The highest BCUT2D eigenvalue weighted by atomic mass is 16.7. The molecule has 0 aliphatic heterocycles. The standard InChI is InChI=1S/C18H21NO3/c1-21-18(20)12-13-22-19(14-16-8-4-2-5-9-16)15-17-10-6-3-7-11-17/h2-11H,12-15H2,1H3. The zero-order chi connectivity index (χ0) is 15.6. The molecule has 0 N–H and O–H groups in total. The summed E-state index contributed by atoms with van der Waals surface area (Å²) in [6.45, 7) is 1.64. The van der Waals surface area contributed by atoms with Gasteiger partial charge in [-0.1, -0.05) is 60.7 Å². The van der Waals surface area contributed by atoms with Crippen LogP contribution >= 0.6 is 0 Å². The van der Waals surface area contributed by atoms with Crippen molar-refractivity contribution < 1.29 is 14.4 Å². The molecule has 2 aromatic carbocycles. The van der Waals surface area contributed by atoms with Crippen molar-refractivity contribution in [2.75, 3.05) is 13.7 Å². The maximum atomic E-state index is 11.2. The van der Waals surface area contributed by atoms with Crippen molar-refractivity contribution in [2.45, 2.75) is 19.5 Å². The lowest BCUT2D eigenvalue weighted by atomic mass is 10.2. The number of hydroxylamine groups is 2. The number of hydrogen-bond acceptors (Lipinski definition) is 4. The Morgan fingerprint density at radius 2 is 1.41 bits per heavy atom. The van der Waals surface area contributed by atoms with Gasteiger partial charge in [-0.25, -0.2) is 0 Å². The van der Waals surface area contributed by atoms with Crippen LogP contribution in [0.5, 0.6) is 0 Å². The second kappa shape index (κ2) is 8.97. The van der Waals surface area contributed by atoms with Gasteiger partial charge in [0.25, 0.3) is 0 Å². The Bertz CT molecular complexity index is 516. The molecule has 0 unspecified atom stereocenters. The van der Waals surface area contributed by atoms with Gasteiger partial charge < -0.3 is 4.74 Å². The number of rotatable bonds is 8. The third kappa shape index (κ3) is 5.68. The molecule has 0 saturated heterocycles. The van der Waals surface area contributed by atoms with Crippen molar-refractivity contribution in [2.24, 2.45) is 0 Å². The van der Waals surface area contributed by atoms with Crippen LogP contribution in [0.2, 0.25) is 0 Å². The molecule has 0 saturated carbocycles. The first-order chi connectivity index (χ1) is 10.8. The number of hydrogen-bond donors (Lipinski definition) is 0. The molecule has 22 heavy (non-hydrogen) atoms. The SMILES string of the molecule is COC(=O)CCON(Cc1ccccc1)Cc1ccccc1. The second-order valence-electron chi connectivity index (χ2n) is 4.93. The average molecular weight is 299 g/mol. The first-order valence-corrected chi connectivity index (χ1v) is 7.30. The number of nitrogens with zero attached hydrogens (tertiary/aromatic N) is 1. The molecular formula is C18H21NO3. The number of ether oxygens (including phenoxy) is 1. The van der Waals surface area contributed by atoms with E-state index in [1.165, 1.54) is 7.11 Å². The minimum absolute atomic E-state index is 0.247. The molecule has 0 atom stereocenters. The smallest absolute Gasteiger partial charge is 0.307 e. The Morgan fingerprint density at radius 1 is 0.909 bits per heavy atom. The van der Waals surface area contributed by atoms with Gasteiger partial charge in [-0.05, 0) is 11.1 Å². The minimum Gasteiger partial charge on any atom is -0.469 e. The average Bonchev–Trinajstić information content (AvgIpc) is 2.56. The zero-order valence-electron chi connectivity index (χ0n) is 12.8. The molecule has 0 aliphatic rings. The van der Waals surface area contributed by atoms with Gasteiger partial charge in [0.15, 0.2) is 0 Å². The van der Waals surface area contributed by atoms with Gasteiger partial charge >= 0.3 is 5.97 Å². The van der Waals surface area contributed by atoms with E-state index < -0.39 is 0 Å². The van der Waals surface area contributed by atoms with Crippen molar-refractivity contribution in [3.63, 3.8) is 0 Å². The normalized spacial score (nSPS) is 10.6. The molecule has 2 rings (SSSR count). The summed E-state index contributed by atoms with van der Waals surface area (Å²) in [7, 11) is 1.38. The molecule has 116 valence electrons. The van der Waals surface area contributed by atoms with Crippen molar-refractivity contribution in [3.8, 4) is 0 Å². The summed E-state index contributed by atoms with van der Waals surface area (Å²) in [6, 6.07) is 20.2. The summed E-state index contributed by atoms with van der Waals surface area (Å²) >= 11 is 0. The molecule has 0 amide bonds. The molecule has 0 aliphatic carbocycles. The predicted molar refractivity (Wildman–Crippen MR) is 84.7 cm³/mol. The van der Waals surface area contributed by atoms with Gasteiger partial charge in [0.2, 0.25) is 0 Å². The van der Waals surface area contributed by atoms with E-state index in [1.807, 2.05) is 41.5 Å². The molecule has 0 aromatic heterocycles. The summed E-state index contributed by atoms with van der Waals surface area (Å²) in [5.74, 6) is -0.264. The van der Waals surface area contributed by atoms with Gasteiger partial charge in [-0.15, -0.1) is 0 Å². The van der Waals surface area contributed by atoms with E-state index in [0.29, 0.717) is 19.7 Å². The zero-order valence-corrected chi connectivity index (χ0v) is 12.8. The third-order valence-electron chi connectivity index (χ3n) is 3.21. The first-order valence-electron chi connectivity index (χ1n) is 7.30. The van der Waals surface area contributed by atoms with Crippen LogP contribution in [0.15, 0.2) is 60.7 Å². The Hall–Kier alpha value is -2.17. The van der Waals surface area contributed by atoms with Crippen molar-refractivity contribution in [1.29, 1.82) is 0 Å². The molecule has 2 aromatic rings. The highest BCUT2D eigenvalue weighted by molar-refractivity contribution is 5.69. The van der Waals surface area contributed by atoms with Crippen LogP contribution in [0.1, 0.15) is 17.5 Å². The summed E-state index contributed by atoms with van der Waals surface area (Å²) in [6.07, 6.45) is 0.247. The molecule has 0 fully saturated rings. The first kappa shape index (κ1) is 16.2. The number of esters is 1. The summed E-state index contributed by atoms with van der Waals surface area (Å²) in [5, 5.41) is 1.87. The highest BCUT2D eigenvalue weighted by Gasteiger charge is 2.09. The fourth-order valence-corrected chi connectivity index (χ4v) is 2.08. The Morgan fingerprint density at radius 3 is 1.86 bits per heavy atom. The van der Waals surface area contributed by atoms with Crippen LogP contribution in [-0.4, -0.2) is 24.7 Å². The van der Waals surface area contributed by atoms with Gasteiger partial charge in [-0.2, -0.15) is 5.06 Å².